The summed E-state index contributed by atoms with van der Waals surface area (Å²) in [5.74, 6) is 1.53. The Morgan fingerprint density at radius 3 is 2.48 bits per heavy atom. The normalized spacial score (nSPS) is 32.5. The second-order valence-corrected chi connectivity index (χ2v) is 11.0. The van der Waals surface area contributed by atoms with Gasteiger partial charge in [0, 0.05) is 6.42 Å². The Hall–Kier alpha value is -0.860. The van der Waals surface area contributed by atoms with E-state index in [2.05, 4.69) is 25.7 Å². The van der Waals surface area contributed by atoms with Crippen molar-refractivity contribution in [3.63, 3.8) is 0 Å². The van der Waals surface area contributed by atoms with E-state index in [9.17, 15) is 10.2 Å². The van der Waals surface area contributed by atoms with E-state index in [1.54, 1.807) is 19.4 Å². The minimum atomic E-state index is -0.773. The summed E-state index contributed by atoms with van der Waals surface area (Å²) in [5, 5.41) is 20.1. The van der Waals surface area contributed by atoms with E-state index < -0.39 is 5.60 Å². The smallest absolute Gasteiger partial charge is 0.0616 e. The van der Waals surface area contributed by atoms with Gasteiger partial charge in [-0.1, -0.05) is 57.1 Å². The molecule has 2 N–H and O–H groups in total. The number of aliphatic hydroxyl groups excluding tert-OH is 1. The predicted octanol–water partition coefficient (Wildman–Crippen LogP) is 7.90. The highest BCUT2D eigenvalue weighted by Gasteiger charge is 2.48. The van der Waals surface area contributed by atoms with Gasteiger partial charge in [-0.2, -0.15) is 0 Å². The van der Waals surface area contributed by atoms with Crippen LogP contribution in [-0.2, 0) is 0 Å². The summed E-state index contributed by atoms with van der Waals surface area (Å²) in [6, 6.07) is 0. The monoisotopic (exact) mass is 430 g/mol. The van der Waals surface area contributed by atoms with E-state index in [4.69, 9.17) is 0 Å². The zero-order chi connectivity index (χ0) is 23.1. The van der Waals surface area contributed by atoms with Crippen LogP contribution in [0.3, 0.4) is 0 Å². The van der Waals surface area contributed by atoms with Crippen molar-refractivity contribution >= 4 is 0 Å². The molecular weight excluding hydrogens is 380 g/mol. The summed E-state index contributed by atoms with van der Waals surface area (Å²) in [4.78, 5) is 0. The van der Waals surface area contributed by atoms with Crippen molar-refractivity contribution in [3.8, 4) is 0 Å². The van der Waals surface area contributed by atoms with Crippen molar-refractivity contribution in [3.05, 3.63) is 35.5 Å². The first kappa shape index (κ1) is 26.4. The maximum Gasteiger partial charge on any atom is 0.0616 e. The fourth-order valence-corrected chi connectivity index (χ4v) is 6.50. The molecule has 4 atom stereocenters. The number of hydrogen-bond acceptors (Lipinski definition) is 2. The van der Waals surface area contributed by atoms with Crippen LogP contribution in [0.1, 0.15) is 118 Å². The van der Waals surface area contributed by atoms with E-state index in [0.29, 0.717) is 11.8 Å². The minimum Gasteiger partial charge on any atom is -0.393 e. The molecular formula is C29H50O2. The van der Waals surface area contributed by atoms with Crippen LogP contribution in [0.2, 0.25) is 0 Å². The lowest BCUT2D eigenvalue weighted by Gasteiger charge is -2.42. The van der Waals surface area contributed by atoms with E-state index in [1.165, 1.54) is 75.4 Å². The first-order valence-corrected chi connectivity index (χ1v) is 13.2. The highest BCUT2D eigenvalue weighted by molar-refractivity contribution is 5.35. The van der Waals surface area contributed by atoms with Gasteiger partial charge in [-0.25, -0.2) is 0 Å². The van der Waals surface area contributed by atoms with Crippen molar-refractivity contribution in [2.75, 3.05) is 0 Å². The fourth-order valence-electron chi connectivity index (χ4n) is 6.50. The van der Waals surface area contributed by atoms with Crippen molar-refractivity contribution in [1.82, 2.24) is 0 Å². The molecule has 3 rings (SSSR count). The molecule has 0 aromatic rings. The van der Waals surface area contributed by atoms with Gasteiger partial charge in [-0.15, -0.1) is 0 Å². The van der Waals surface area contributed by atoms with Crippen LogP contribution in [0, 0.1) is 17.3 Å². The van der Waals surface area contributed by atoms with E-state index in [-0.39, 0.29) is 6.10 Å². The molecule has 3 fully saturated rings. The Bertz CT molecular complexity index is 636. The summed E-state index contributed by atoms with van der Waals surface area (Å²) in [6.07, 6.45) is 19.7. The molecule has 0 amide bonds. The Morgan fingerprint density at radius 2 is 1.81 bits per heavy atom. The molecule has 2 nitrogen and oxygen atoms in total. The SMILES string of the molecule is C=C1CCCC/C1=C/C=C1\CCCC2(C)C(CCCC(O)CC(C)(C)O)CCC12.CC. The Balaban J connectivity index is 0.00000166. The molecule has 0 spiro atoms. The second-order valence-electron chi connectivity index (χ2n) is 11.0. The summed E-state index contributed by atoms with van der Waals surface area (Å²) in [7, 11) is 0. The number of fused-ring (bicyclic) bond motifs is 1. The molecule has 0 aromatic heterocycles. The molecule has 0 bridgehead atoms. The second kappa shape index (κ2) is 11.8. The molecule has 0 saturated heterocycles. The van der Waals surface area contributed by atoms with Crippen molar-refractivity contribution < 1.29 is 10.2 Å². The van der Waals surface area contributed by atoms with Crippen LogP contribution in [0.5, 0.6) is 0 Å². The molecule has 3 aliphatic rings. The number of aliphatic hydroxyl groups is 2. The van der Waals surface area contributed by atoms with E-state index >= 15 is 0 Å². The van der Waals surface area contributed by atoms with Gasteiger partial charge in [-0.05, 0) is 107 Å². The van der Waals surface area contributed by atoms with Crippen LogP contribution in [-0.4, -0.2) is 21.9 Å². The molecule has 0 aliphatic heterocycles. The van der Waals surface area contributed by atoms with Crippen LogP contribution >= 0.6 is 0 Å². The summed E-state index contributed by atoms with van der Waals surface area (Å²) in [6.45, 7) is 14.4. The first-order valence-electron chi connectivity index (χ1n) is 13.2. The average molecular weight is 431 g/mol. The largest absolute Gasteiger partial charge is 0.393 e. The molecule has 0 heterocycles. The van der Waals surface area contributed by atoms with Gasteiger partial charge in [-0.3, -0.25) is 0 Å². The van der Waals surface area contributed by atoms with Crippen molar-refractivity contribution in [1.29, 1.82) is 0 Å². The maximum absolute atomic E-state index is 10.2. The third kappa shape index (κ3) is 7.32. The van der Waals surface area contributed by atoms with Crippen LogP contribution < -0.4 is 0 Å². The fraction of sp³-hybridized carbons (Fsp3) is 0.793. The van der Waals surface area contributed by atoms with Gasteiger partial charge in [0.05, 0.1) is 11.7 Å². The highest BCUT2D eigenvalue weighted by atomic mass is 16.3. The minimum absolute atomic E-state index is 0.378. The average Bonchev–Trinajstić information content (AvgIpc) is 3.04. The van der Waals surface area contributed by atoms with Crippen LogP contribution in [0.4, 0.5) is 0 Å². The van der Waals surface area contributed by atoms with Gasteiger partial charge in [0.1, 0.15) is 0 Å². The number of hydrogen-bond donors (Lipinski definition) is 2. The van der Waals surface area contributed by atoms with Crippen molar-refractivity contribution in [2.24, 2.45) is 17.3 Å². The molecule has 0 aromatic carbocycles. The summed E-state index contributed by atoms with van der Waals surface area (Å²) < 4.78 is 0. The van der Waals surface area contributed by atoms with E-state index in [0.717, 1.165) is 24.7 Å². The van der Waals surface area contributed by atoms with Gasteiger partial charge < -0.3 is 10.2 Å². The molecule has 0 radical (unpaired) electrons. The quantitative estimate of drug-likeness (QED) is 0.431. The topological polar surface area (TPSA) is 40.5 Å². The molecule has 3 saturated carbocycles. The molecule has 2 heteroatoms. The third-order valence-electron chi connectivity index (χ3n) is 8.11. The third-order valence-corrected chi connectivity index (χ3v) is 8.11. The number of rotatable bonds is 7. The Labute approximate surface area is 192 Å². The lowest BCUT2D eigenvalue weighted by molar-refractivity contribution is 0.0138. The van der Waals surface area contributed by atoms with Gasteiger partial charge in [0.15, 0.2) is 0 Å². The molecule has 3 aliphatic carbocycles. The lowest BCUT2D eigenvalue weighted by Crippen LogP contribution is -2.33. The van der Waals surface area contributed by atoms with Gasteiger partial charge >= 0.3 is 0 Å². The van der Waals surface area contributed by atoms with Crippen molar-refractivity contribution in [2.45, 2.75) is 130 Å². The maximum atomic E-state index is 10.2. The predicted molar refractivity (Wildman–Crippen MR) is 134 cm³/mol. The zero-order valence-corrected chi connectivity index (χ0v) is 21.2. The molecule has 178 valence electrons. The van der Waals surface area contributed by atoms with Gasteiger partial charge in [0.25, 0.3) is 0 Å². The highest BCUT2D eigenvalue weighted by Crippen LogP contribution is 2.58. The van der Waals surface area contributed by atoms with Gasteiger partial charge in [0.2, 0.25) is 0 Å². The van der Waals surface area contributed by atoms with E-state index in [1.807, 2.05) is 13.8 Å². The summed E-state index contributed by atoms with van der Waals surface area (Å²) in [5.41, 5.74) is 4.21. The standard InChI is InChI=1S/C27H44O2.C2H6/c1-20-9-5-6-10-21(20)14-15-22-11-8-18-27(4)23(16-17-25(22)27)12-7-13-24(28)19-26(2,3)29;1-2/h14-15,23-25,28-29H,1,5-13,16-19H2,2-4H3;1-2H3/b21-14-,22-15+;. The van der Waals surface area contributed by atoms with Crippen LogP contribution in [0.15, 0.2) is 35.5 Å². The first-order chi connectivity index (χ1) is 14.7. The molecule has 4 unspecified atom stereocenters. The summed E-state index contributed by atoms with van der Waals surface area (Å²) >= 11 is 0. The lowest BCUT2D eigenvalue weighted by atomic mass is 9.62. The Kier molecular flexibility index (Phi) is 10.1. The zero-order valence-electron chi connectivity index (χ0n) is 21.2. The Morgan fingerprint density at radius 1 is 1.10 bits per heavy atom. The molecule has 31 heavy (non-hydrogen) atoms. The number of allylic oxidation sites excluding steroid dienone is 5. The van der Waals surface area contributed by atoms with Crippen LogP contribution in [0.25, 0.3) is 0 Å².